The minimum atomic E-state index is 0.175. The molecule has 1 aliphatic carbocycles. The first-order valence-corrected chi connectivity index (χ1v) is 4.16. The van der Waals surface area contributed by atoms with Crippen LogP contribution in [0.1, 0.15) is 20.3 Å². The van der Waals surface area contributed by atoms with E-state index in [-0.39, 0.29) is 5.41 Å². The predicted molar refractivity (Wildman–Crippen MR) is 50.8 cm³/mol. The van der Waals surface area contributed by atoms with Crippen LogP contribution in [-0.4, -0.2) is 6.29 Å². The predicted octanol–water partition coefficient (Wildman–Crippen LogP) is 2.65. The zero-order valence-corrected chi connectivity index (χ0v) is 7.58. The van der Waals surface area contributed by atoms with Crippen molar-refractivity contribution in [2.45, 2.75) is 20.3 Å². The molecule has 0 saturated carbocycles. The Labute approximate surface area is 73.5 Å². The first kappa shape index (κ1) is 8.98. The quantitative estimate of drug-likeness (QED) is 0.450. The molecule has 0 aromatic rings. The second kappa shape index (κ2) is 3.53. The Kier molecular flexibility index (Phi) is 2.64. The van der Waals surface area contributed by atoms with Gasteiger partial charge in [-0.2, -0.15) is 0 Å². The second-order valence-corrected chi connectivity index (χ2v) is 3.63. The van der Waals surface area contributed by atoms with Crippen LogP contribution in [0.25, 0.3) is 0 Å². The highest BCUT2D eigenvalue weighted by molar-refractivity contribution is 5.66. The lowest BCUT2D eigenvalue weighted by molar-refractivity contribution is -0.104. The van der Waals surface area contributed by atoms with Gasteiger partial charge in [0.05, 0.1) is 0 Å². The molecule has 1 heteroatoms. The smallest absolute Gasteiger partial charge is 0.142 e. The van der Waals surface area contributed by atoms with Crippen LogP contribution >= 0.6 is 0 Å². The van der Waals surface area contributed by atoms with Crippen LogP contribution in [0.3, 0.4) is 0 Å². The lowest BCUT2D eigenvalue weighted by Gasteiger charge is -2.26. The van der Waals surface area contributed by atoms with Crippen molar-refractivity contribution in [3.63, 3.8) is 0 Å². The Morgan fingerprint density at radius 1 is 1.50 bits per heavy atom. The molecule has 0 bridgehead atoms. The number of carbonyl (C=O) groups excluding carboxylic acids is 1. The van der Waals surface area contributed by atoms with Crippen LogP contribution in [0.2, 0.25) is 0 Å². The maximum atomic E-state index is 10.1. The largest absolute Gasteiger partial charge is 0.299 e. The number of allylic oxidation sites excluding steroid dienone is 6. The zero-order chi connectivity index (χ0) is 9.03. The van der Waals surface area contributed by atoms with Crippen LogP contribution in [0.15, 0.2) is 36.0 Å². The Morgan fingerprint density at radius 2 is 2.25 bits per heavy atom. The number of aldehydes is 1. The highest BCUT2D eigenvalue weighted by atomic mass is 16.1. The minimum absolute atomic E-state index is 0.175. The molecule has 0 aliphatic heterocycles. The molecule has 0 radical (unpaired) electrons. The molecule has 0 amide bonds. The Bertz CT molecular complexity index is 254. The SMILES string of the molecule is CC1(C)CC=CC=C1/C=C/C=O. The van der Waals surface area contributed by atoms with E-state index in [4.69, 9.17) is 0 Å². The van der Waals surface area contributed by atoms with E-state index in [1.165, 1.54) is 5.57 Å². The van der Waals surface area contributed by atoms with Crippen molar-refractivity contribution in [3.05, 3.63) is 36.0 Å². The monoisotopic (exact) mass is 162 g/mol. The molecule has 0 atom stereocenters. The lowest BCUT2D eigenvalue weighted by Crippen LogP contribution is -2.14. The van der Waals surface area contributed by atoms with E-state index in [1.807, 2.05) is 12.2 Å². The van der Waals surface area contributed by atoms with Gasteiger partial charge in [0.25, 0.3) is 0 Å². The van der Waals surface area contributed by atoms with Gasteiger partial charge >= 0.3 is 0 Å². The first-order chi connectivity index (χ1) is 5.67. The van der Waals surface area contributed by atoms with E-state index in [0.29, 0.717) is 0 Å². The van der Waals surface area contributed by atoms with E-state index in [2.05, 4.69) is 26.0 Å². The molecule has 0 N–H and O–H groups in total. The van der Waals surface area contributed by atoms with Crippen LogP contribution in [0.5, 0.6) is 0 Å². The summed E-state index contributed by atoms with van der Waals surface area (Å²) in [6, 6.07) is 0. The fraction of sp³-hybridized carbons (Fsp3) is 0.364. The highest BCUT2D eigenvalue weighted by Gasteiger charge is 2.20. The van der Waals surface area contributed by atoms with Crippen LogP contribution in [0, 0.1) is 5.41 Å². The molecule has 0 fully saturated rings. The van der Waals surface area contributed by atoms with E-state index >= 15 is 0 Å². The molecular weight excluding hydrogens is 148 g/mol. The topological polar surface area (TPSA) is 17.1 Å². The Balaban J connectivity index is 2.84. The maximum absolute atomic E-state index is 10.1. The summed E-state index contributed by atoms with van der Waals surface area (Å²) in [7, 11) is 0. The van der Waals surface area contributed by atoms with E-state index in [1.54, 1.807) is 6.08 Å². The normalized spacial score (nSPS) is 21.0. The fourth-order valence-electron chi connectivity index (χ4n) is 1.30. The molecule has 64 valence electrons. The molecule has 0 aromatic carbocycles. The zero-order valence-electron chi connectivity index (χ0n) is 7.58. The molecule has 0 heterocycles. The third-order valence-electron chi connectivity index (χ3n) is 2.18. The summed E-state index contributed by atoms with van der Waals surface area (Å²) < 4.78 is 0. The van der Waals surface area contributed by atoms with Crippen molar-refractivity contribution in [2.75, 3.05) is 0 Å². The van der Waals surface area contributed by atoms with E-state index < -0.39 is 0 Å². The molecule has 0 unspecified atom stereocenters. The third kappa shape index (κ3) is 1.94. The van der Waals surface area contributed by atoms with Crippen molar-refractivity contribution in [1.82, 2.24) is 0 Å². The summed E-state index contributed by atoms with van der Waals surface area (Å²) in [6.07, 6.45) is 11.5. The first-order valence-electron chi connectivity index (χ1n) is 4.16. The molecule has 0 spiro atoms. The summed E-state index contributed by atoms with van der Waals surface area (Å²) in [5.74, 6) is 0. The molecule has 12 heavy (non-hydrogen) atoms. The number of hydrogen-bond donors (Lipinski definition) is 0. The minimum Gasteiger partial charge on any atom is -0.299 e. The standard InChI is InChI=1S/C11H14O/c1-11(2)8-4-3-6-10(11)7-5-9-12/h3-7,9H,8H2,1-2H3/b7-5+. The van der Waals surface area contributed by atoms with Gasteiger partial charge in [-0.1, -0.05) is 38.2 Å². The van der Waals surface area contributed by atoms with Crippen molar-refractivity contribution in [1.29, 1.82) is 0 Å². The maximum Gasteiger partial charge on any atom is 0.142 e. The molecule has 1 rings (SSSR count). The molecule has 0 aromatic heterocycles. The van der Waals surface area contributed by atoms with Crippen LogP contribution in [-0.2, 0) is 4.79 Å². The van der Waals surface area contributed by atoms with Gasteiger partial charge in [-0.3, -0.25) is 4.79 Å². The Morgan fingerprint density at radius 3 is 2.83 bits per heavy atom. The summed E-state index contributed by atoms with van der Waals surface area (Å²) in [5.41, 5.74) is 1.39. The summed E-state index contributed by atoms with van der Waals surface area (Å²) in [5, 5.41) is 0. The fourth-order valence-corrected chi connectivity index (χ4v) is 1.30. The van der Waals surface area contributed by atoms with E-state index in [0.717, 1.165) is 12.7 Å². The van der Waals surface area contributed by atoms with Gasteiger partial charge in [0.15, 0.2) is 0 Å². The Hall–Kier alpha value is -1.11. The van der Waals surface area contributed by atoms with Crippen molar-refractivity contribution >= 4 is 6.29 Å². The third-order valence-corrected chi connectivity index (χ3v) is 2.18. The molecule has 0 saturated heterocycles. The number of rotatable bonds is 2. The summed E-state index contributed by atoms with van der Waals surface area (Å²) in [6.45, 7) is 4.36. The lowest BCUT2D eigenvalue weighted by atomic mass is 9.78. The van der Waals surface area contributed by atoms with Crippen molar-refractivity contribution in [3.8, 4) is 0 Å². The van der Waals surface area contributed by atoms with Crippen LogP contribution < -0.4 is 0 Å². The van der Waals surface area contributed by atoms with Gasteiger partial charge in [-0.05, 0) is 23.5 Å². The summed E-state index contributed by atoms with van der Waals surface area (Å²) >= 11 is 0. The van der Waals surface area contributed by atoms with Gasteiger partial charge in [0.1, 0.15) is 6.29 Å². The van der Waals surface area contributed by atoms with Gasteiger partial charge in [-0.25, -0.2) is 0 Å². The summed E-state index contributed by atoms with van der Waals surface area (Å²) in [4.78, 5) is 10.1. The number of hydrogen-bond acceptors (Lipinski definition) is 1. The second-order valence-electron chi connectivity index (χ2n) is 3.63. The van der Waals surface area contributed by atoms with Gasteiger partial charge in [-0.15, -0.1) is 0 Å². The van der Waals surface area contributed by atoms with Crippen molar-refractivity contribution in [2.24, 2.45) is 5.41 Å². The average Bonchev–Trinajstić information content (AvgIpc) is 2.02. The molecule has 1 aliphatic rings. The van der Waals surface area contributed by atoms with E-state index in [9.17, 15) is 4.79 Å². The molecule has 1 nitrogen and oxygen atoms in total. The van der Waals surface area contributed by atoms with Crippen LogP contribution in [0.4, 0.5) is 0 Å². The van der Waals surface area contributed by atoms with Crippen molar-refractivity contribution < 1.29 is 4.79 Å². The highest BCUT2D eigenvalue weighted by Crippen LogP contribution is 2.34. The van der Waals surface area contributed by atoms with Gasteiger partial charge in [0.2, 0.25) is 0 Å². The number of carbonyl (C=O) groups is 1. The molecular formula is C11H14O. The van der Waals surface area contributed by atoms with Gasteiger partial charge < -0.3 is 0 Å². The van der Waals surface area contributed by atoms with Gasteiger partial charge in [0, 0.05) is 0 Å². The average molecular weight is 162 g/mol.